The highest BCUT2D eigenvalue weighted by Gasteiger charge is 2.08. The van der Waals surface area contributed by atoms with Crippen LogP contribution in [0.1, 0.15) is 31.4 Å². The number of rotatable bonds is 6. The molecule has 2 aromatic carbocycles. The van der Waals surface area contributed by atoms with Crippen LogP contribution in [0.2, 0.25) is 0 Å². The summed E-state index contributed by atoms with van der Waals surface area (Å²) in [5, 5.41) is 0. The molecule has 1 unspecified atom stereocenters. The van der Waals surface area contributed by atoms with Crippen LogP contribution in [-0.4, -0.2) is 6.04 Å². The van der Waals surface area contributed by atoms with Gasteiger partial charge in [0, 0.05) is 6.04 Å². The van der Waals surface area contributed by atoms with E-state index in [-0.39, 0.29) is 17.6 Å². The monoisotopic (exact) mass is 287 g/mol. The van der Waals surface area contributed by atoms with Crippen molar-refractivity contribution in [2.24, 2.45) is 5.73 Å². The summed E-state index contributed by atoms with van der Waals surface area (Å²) in [4.78, 5) is 0. The summed E-state index contributed by atoms with van der Waals surface area (Å²) in [6.07, 6.45) is 2.53. The van der Waals surface area contributed by atoms with Crippen LogP contribution in [-0.2, 0) is 12.8 Å². The highest BCUT2D eigenvalue weighted by molar-refractivity contribution is 5.36. The fourth-order valence-corrected chi connectivity index (χ4v) is 2.12. The first-order valence-electron chi connectivity index (χ1n) is 7.43. The van der Waals surface area contributed by atoms with Crippen molar-refractivity contribution in [3.8, 4) is 11.5 Å². The minimum Gasteiger partial charge on any atom is -0.454 e. The Morgan fingerprint density at radius 1 is 1.05 bits per heavy atom. The second kappa shape index (κ2) is 7.23. The van der Waals surface area contributed by atoms with Crippen LogP contribution in [0.5, 0.6) is 11.5 Å². The van der Waals surface area contributed by atoms with E-state index in [0.29, 0.717) is 12.2 Å². The van der Waals surface area contributed by atoms with Crippen LogP contribution >= 0.6 is 0 Å². The third kappa shape index (κ3) is 4.30. The van der Waals surface area contributed by atoms with Crippen LogP contribution in [0.3, 0.4) is 0 Å². The maximum atomic E-state index is 14.1. The van der Waals surface area contributed by atoms with Gasteiger partial charge in [0.25, 0.3) is 0 Å². The summed E-state index contributed by atoms with van der Waals surface area (Å²) in [6.45, 7) is 4.12. The van der Waals surface area contributed by atoms with Gasteiger partial charge in [0.15, 0.2) is 11.6 Å². The molecule has 2 N–H and O–H groups in total. The standard InChI is InChI=1S/C18H22FNO/c1-3-13-5-8-16(9-6-13)21-18-10-7-14(12-17(18)19)11-15(20)4-2/h5-10,12,15H,3-4,11,20H2,1-2H3. The number of aryl methyl sites for hydroxylation is 1. The lowest BCUT2D eigenvalue weighted by molar-refractivity contribution is 0.441. The van der Waals surface area contributed by atoms with Crippen molar-refractivity contribution in [3.05, 3.63) is 59.4 Å². The molecular weight excluding hydrogens is 265 g/mol. The minimum atomic E-state index is -0.352. The van der Waals surface area contributed by atoms with Gasteiger partial charge in [-0.05, 0) is 54.7 Å². The zero-order valence-corrected chi connectivity index (χ0v) is 12.6. The molecule has 1 atom stereocenters. The summed E-state index contributed by atoms with van der Waals surface area (Å²) >= 11 is 0. The molecule has 0 bridgehead atoms. The van der Waals surface area contributed by atoms with E-state index in [4.69, 9.17) is 10.5 Å². The van der Waals surface area contributed by atoms with Crippen molar-refractivity contribution in [2.75, 3.05) is 0 Å². The van der Waals surface area contributed by atoms with E-state index in [1.807, 2.05) is 37.3 Å². The van der Waals surface area contributed by atoms with E-state index in [1.165, 1.54) is 11.6 Å². The van der Waals surface area contributed by atoms with E-state index in [9.17, 15) is 4.39 Å². The SMILES string of the molecule is CCc1ccc(Oc2ccc(CC(N)CC)cc2F)cc1. The third-order valence-electron chi connectivity index (χ3n) is 3.58. The predicted octanol–water partition coefficient (Wildman–Crippen LogP) is 4.46. The summed E-state index contributed by atoms with van der Waals surface area (Å²) in [5.41, 5.74) is 8.02. The molecule has 0 fully saturated rings. The van der Waals surface area contributed by atoms with Crippen molar-refractivity contribution in [1.29, 1.82) is 0 Å². The lowest BCUT2D eigenvalue weighted by Gasteiger charge is -2.11. The molecule has 21 heavy (non-hydrogen) atoms. The summed E-state index contributed by atoms with van der Waals surface area (Å²) in [6, 6.07) is 12.8. The smallest absolute Gasteiger partial charge is 0.165 e. The summed E-state index contributed by atoms with van der Waals surface area (Å²) in [5.74, 6) is 0.535. The Hall–Kier alpha value is -1.87. The van der Waals surface area contributed by atoms with Gasteiger partial charge < -0.3 is 10.5 Å². The van der Waals surface area contributed by atoms with Gasteiger partial charge in [-0.25, -0.2) is 4.39 Å². The Kier molecular flexibility index (Phi) is 5.34. The fraction of sp³-hybridized carbons (Fsp3) is 0.333. The van der Waals surface area contributed by atoms with E-state index in [1.54, 1.807) is 6.07 Å². The van der Waals surface area contributed by atoms with Crippen LogP contribution in [0.25, 0.3) is 0 Å². The number of hydrogen-bond donors (Lipinski definition) is 1. The molecular formula is C18H22FNO. The molecule has 0 aliphatic carbocycles. The average Bonchev–Trinajstić information content (AvgIpc) is 2.50. The van der Waals surface area contributed by atoms with Gasteiger partial charge in [-0.3, -0.25) is 0 Å². The molecule has 2 nitrogen and oxygen atoms in total. The van der Waals surface area contributed by atoms with Gasteiger partial charge >= 0.3 is 0 Å². The molecule has 0 saturated carbocycles. The Bertz CT molecular complexity index is 580. The lowest BCUT2D eigenvalue weighted by Crippen LogP contribution is -2.21. The molecule has 0 radical (unpaired) electrons. The zero-order valence-electron chi connectivity index (χ0n) is 12.6. The van der Waals surface area contributed by atoms with Crippen molar-refractivity contribution < 1.29 is 9.13 Å². The fourth-order valence-electron chi connectivity index (χ4n) is 2.12. The molecule has 112 valence electrons. The van der Waals surface area contributed by atoms with Gasteiger partial charge in [-0.1, -0.05) is 32.0 Å². The maximum absolute atomic E-state index is 14.1. The Balaban J connectivity index is 2.09. The van der Waals surface area contributed by atoms with Gasteiger partial charge in [0.2, 0.25) is 0 Å². The van der Waals surface area contributed by atoms with Crippen LogP contribution < -0.4 is 10.5 Å². The van der Waals surface area contributed by atoms with Crippen molar-refractivity contribution in [1.82, 2.24) is 0 Å². The molecule has 0 aliphatic heterocycles. The van der Waals surface area contributed by atoms with Gasteiger partial charge in [-0.15, -0.1) is 0 Å². The predicted molar refractivity (Wildman–Crippen MR) is 84.3 cm³/mol. The van der Waals surface area contributed by atoms with Gasteiger partial charge in [0.1, 0.15) is 5.75 Å². The molecule has 3 heteroatoms. The Labute approximate surface area is 125 Å². The molecule has 0 saturated heterocycles. The first-order valence-corrected chi connectivity index (χ1v) is 7.43. The molecule has 0 amide bonds. The Morgan fingerprint density at radius 2 is 1.71 bits per heavy atom. The highest BCUT2D eigenvalue weighted by atomic mass is 19.1. The first-order chi connectivity index (χ1) is 10.1. The van der Waals surface area contributed by atoms with E-state index >= 15 is 0 Å². The molecule has 0 aliphatic rings. The lowest BCUT2D eigenvalue weighted by atomic mass is 10.0. The number of benzene rings is 2. The van der Waals surface area contributed by atoms with E-state index < -0.39 is 0 Å². The highest BCUT2D eigenvalue weighted by Crippen LogP contribution is 2.26. The largest absolute Gasteiger partial charge is 0.454 e. The Morgan fingerprint density at radius 3 is 2.29 bits per heavy atom. The molecule has 0 aromatic heterocycles. The first kappa shape index (κ1) is 15.5. The minimum absolute atomic E-state index is 0.0674. The zero-order chi connectivity index (χ0) is 15.2. The van der Waals surface area contributed by atoms with Crippen molar-refractivity contribution in [2.45, 2.75) is 39.2 Å². The topological polar surface area (TPSA) is 35.2 Å². The van der Waals surface area contributed by atoms with Crippen molar-refractivity contribution in [3.63, 3.8) is 0 Å². The number of halogens is 1. The molecule has 0 spiro atoms. The quantitative estimate of drug-likeness (QED) is 0.851. The van der Waals surface area contributed by atoms with Gasteiger partial charge in [-0.2, -0.15) is 0 Å². The number of ether oxygens (including phenoxy) is 1. The molecule has 2 rings (SSSR count). The van der Waals surface area contributed by atoms with Crippen molar-refractivity contribution >= 4 is 0 Å². The van der Waals surface area contributed by atoms with Crippen LogP contribution in [0.15, 0.2) is 42.5 Å². The van der Waals surface area contributed by atoms with E-state index in [2.05, 4.69) is 6.92 Å². The number of nitrogens with two attached hydrogens (primary N) is 1. The third-order valence-corrected chi connectivity index (χ3v) is 3.58. The van der Waals surface area contributed by atoms with Gasteiger partial charge in [0.05, 0.1) is 0 Å². The normalized spacial score (nSPS) is 12.2. The summed E-state index contributed by atoms with van der Waals surface area (Å²) < 4.78 is 19.7. The molecule has 0 heterocycles. The maximum Gasteiger partial charge on any atom is 0.165 e. The summed E-state index contributed by atoms with van der Waals surface area (Å²) in [7, 11) is 0. The average molecular weight is 287 g/mol. The van der Waals surface area contributed by atoms with Crippen LogP contribution in [0, 0.1) is 5.82 Å². The second-order valence-electron chi connectivity index (χ2n) is 5.24. The van der Waals surface area contributed by atoms with E-state index in [0.717, 1.165) is 18.4 Å². The molecule has 2 aromatic rings. The van der Waals surface area contributed by atoms with Crippen LogP contribution in [0.4, 0.5) is 4.39 Å². The number of hydrogen-bond acceptors (Lipinski definition) is 2. The second-order valence-corrected chi connectivity index (χ2v) is 5.24.